The molecule has 1 aliphatic heterocycles. The summed E-state index contributed by atoms with van der Waals surface area (Å²) in [6, 6.07) is 5.24. The van der Waals surface area contributed by atoms with Gasteiger partial charge in [0.25, 0.3) is 0 Å². The number of rotatable bonds is 7. The van der Waals surface area contributed by atoms with Crippen LogP contribution in [0.5, 0.6) is 11.5 Å². The Morgan fingerprint density at radius 1 is 1.32 bits per heavy atom. The first-order valence-electron chi connectivity index (χ1n) is 9.07. The molecule has 3 rings (SSSR count). The zero-order valence-electron chi connectivity index (χ0n) is 16.4. The summed E-state index contributed by atoms with van der Waals surface area (Å²) >= 11 is 1.37. The number of carbonyl (C=O) groups is 2. The minimum atomic E-state index is -0.461. The number of carbonyl (C=O) groups excluding carboxylic acids is 2. The van der Waals surface area contributed by atoms with Crippen LogP contribution in [0.15, 0.2) is 18.2 Å². The van der Waals surface area contributed by atoms with Gasteiger partial charge >= 0.3 is 0 Å². The number of aromatic nitrogens is 2. The predicted molar refractivity (Wildman–Crippen MR) is 107 cm³/mol. The van der Waals surface area contributed by atoms with Gasteiger partial charge in [0.2, 0.25) is 16.9 Å². The van der Waals surface area contributed by atoms with E-state index in [4.69, 9.17) is 9.47 Å². The van der Waals surface area contributed by atoms with Crippen LogP contribution < -0.4 is 19.7 Å². The van der Waals surface area contributed by atoms with Gasteiger partial charge in [0.15, 0.2) is 0 Å². The second kappa shape index (κ2) is 8.55. The second-order valence-electron chi connectivity index (χ2n) is 7.03. The van der Waals surface area contributed by atoms with E-state index < -0.39 is 5.92 Å². The number of amides is 2. The van der Waals surface area contributed by atoms with Crippen molar-refractivity contribution in [2.45, 2.75) is 26.7 Å². The summed E-state index contributed by atoms with van der Waals surface area (Å²) in [6.07, 6.45) is 0.958. The lowest BCUT2D eigenvalue weighted by atomic mass is 10.1. The summed E-state index contributed by atoms with van der Waals surface area (Å²) in [5, 5.41) is 12.3. The topological polar surface area (TPSA) is 93.6 Å². The van der Waals surface area contributed by atoms with E-state index in [1.54, 1.807) is 30.2 Å². The van der Waals surface area contributed by atoms with Crippen molar-refractivity contribution in [3.63, 3.8) is 0 Å². The van der Waals surface area contributed by atoms with Crippen LogP contribution in [0, 0.1) is 11.8 Å². The molecule has 0 bridgehead atoms. The highest BCUT2D eigenvalue weighted by Crippen LogP contribution is 2.36. The van der Waals surface area contributed by atoms with Crippen molar-refractivity contribution in [3.05, 3.63) is 23.2 Å². The van der Waals surface area contributed by atoms with Crippen LogP contribution in [0.3, 0.4) is 0 Å². The van der Waals surface area contributed by atoms with Crippen LogP contribution in [0.4, 0.5) is 10.8 Å². The van der Waals surface area contributed by atoms with Crippen LogP contribution in [-0.2, 0) is 16.0 Å². The van der Waals surface area contributed by atoms with Crippen molar-refractivity contribution in [1.29, 1.82) is 0 Å². The molecule has 0 unspecified atom stereocenters. The van der Waals surface area contributed by atoms with Crippen LogP contribution >= 0.6 is 11.3 Å². The summed E-state index contributed by atoms with van der Waals surface area (Å²) in [4.78, 5) is 26.7. The molecule has 0 aliphatic carbocycles. The molecule has 1 atom stereocenters. The van der Waals surface area contributed by atoms with Gasteiger partial charge in [-0.2, -0.15) is 0 Å². The van der Waals surface area contributed by atoms with Crippen molar-refractivity contribution < 1.29 is 19.1 Å². The quantitative estimate of drug-likeness (QED) is 0.763. The molecule has 0 saturated carbocycles. The third-order valence-electron chi connectivity index (χ3n) is 4.45. The fourth-order valence-electron chi connectivity index (χ4n) is 3.07. The average Bonchev–Trinajstić information content (AvgIpc) is 3.26. The van der Waals surface area contributed by atoms with E-state index in [-0.39, 0.29) is 24.8 Å². The molecule has 1 aromatic heterocycles. The molecule has 2 aromatic rings. The predicted octanol–water partition coefficient (Wildman–Crippen LogP) is 2.75. The molecule has 28 heavy (non-hydrogen) atoms. The van der Waals surface area contributed by atoms with E-state index in [1.165, 1.54) is 18.4 Å². The summed E-state index contributed by atoms with van der Waals surface area (Å²) in [5.74, 6) is 0.817. The van der Waals surface area contributed by atoms with Gasteiger partial charge in [-0.25, -0.2) is 0 Å². The highest BCUT2D eigenvalue weighted by molar-refractivity contribution is 7.15. The molecule has 2 amide bonds. The summed E-state index contributed by atoms with van der Waals surface area (Å²) < 4.78 is 10.6. The van der Waals surface area contributed by atoms with Gasteiger partial charge in [0.1, 0.15) is 16.5 Å². The van der Waals surface area contributed by atoms with Crippen LogP contribution in [0.2, 0.25) is 0 Å². The number of anilines is 2. The third-order valence-corrected chi connectivity index (χ3v) is 5.31. The average molecular weight is 404 g/mol. The van der Waals surface area contributed by atoms with E-state index >= 15 is 0 Å². The van der Waals surface area contributed by atoms with Gasteiger partial charge in [-0.3, -0.25) is 9.59 Å². The number of ether oxygens (including phenoxy) is 2. The monoisotopic (exact) mass is 404 g/mol. The molecule has 150 valence electrons. The zero-order valence-corrected chi connectivity index (χ0v) is 17.2. The lowest BCUT2D eigenvalue weighted by Gasteiger charge is -2.20. The normalized spacial score (nSPS) is 16.5. The largest absolute Gasteiger partial charge is 0.497 e. The molecule has 2 heterocycles. The van der Waals surface area contributed by atoms with Gasteiger partial charge in [-0.05, 0) is 18.1 Å². The van der Waals surface area contributed by atoms with Crippen LogP contribution in [0.1, 0.15) is 25.3 Å². The second-order valence-corrected chi connectivity index (χ2v) is 8.09. The maximum Gasteiger partial charge on any atom is 0.231 e. The van der Waals surface area contributed by atoms with Gasteiger partial charge < -0.3 is 19.7 Å². The van der Waals surface area contributed by atoms with Gasteiger partial charge in [-0.15, -0.1) is 10.2 Å². The minimum absolute atomic E-state index is 0.124. The Morgan fingerprint density at radius 2 is 2.11 bits per heavy atom. The Morgan fingerprint density at radius 3 is 2.79 bits per heavy atom. The molecule has 1 aliphatic rings. The lowest BCUT2D eigenvalue weighted by molar-refractivity contribution is -0.122. The molecule has 9 heteroatoms. The minimum Gasteiger partial charge on any atom is -0.497 e. The summed E-state index contributed by atoms with van der Waals surface area (Å²) in [6.45, 7) is 4.49. The first-order chi connectivity index (χ1) is 13.4. The molecule has 1 saturated heterocycles. The lowest BCUT2D eigenvalue weighted by Crippen LogP contribution is -2.28. The Hall–Kier alpha value is -2.68. The van der Waals surface area contributed by atoms with E-state index in [0.717, 1.165) is 11.4 Å². The summed E-state index contributed by atoms with van der Waals surface area (Å²) in [7, 11) is 3.10. The van der Waals surface area contributed by atoms with E-state index in [2.05, 4.69) is 29.4 Å². The first kappa shape index (κ1) is 20.1. The van der Waals surface area contributed by atoms with Crippen molar-refractivity contribution in [2.75, 3.05) is 31.0 Å². The molecular formula is C19H24N4O4S. The van der Waals surface area contributed by atoms with Crippen molar-refractivity contribution >= 4 is 34.0 Å². The number of hydrogen-bond acceptors (Lipinski definition) is 7. The van der Waals surface area contributed by atoms with Crippen molar-refractivity contribution in [2.24, 2.45) is 11.8 Å². The number of benzene rings is 1. The van der Waals surface area contributed by atoms with Gasteiger partial charge in [0.05, 0.1) is 25.8 Å². The van der Waals surface area contributed by atoms with Crippen molar-refractivity contribution in [1.82, 2.24) is 10.2 Å². The maximum absolute atomic E-state index is 12.6. The van der Waals surface area contributed by atoms with Gasteiger partial charge in [-0.1, -0.05) is 25.2 Å². The first-order valence-corrected chi connectivity index (χ1v) is 9.88. The molecular weight excluding hydrogens is 380 g/mol. The zero-order chi connectivity index (χ0) is 20.3. The van der Waals surface area contributed by atoms with Crippen LogP contribution in [0.25, 0.3) is 0 Å². The standard InChI is InChI=1S/C19H24N4O4S/c1-11(2)7-16-21-22-19(28-16)20-18(25)12-8-17(24)23(10-12)14-6-5-13(26-3)9-15(14)27-4/h5-6,9,11-12H,7-8,10H2,1-4H3,(H,20,22,25)/t12-/m0/s1. The molecule has 1 aromatic carbocycles. The molecule has 8 nitrogen and oxygen atoms in total. The Kier molecular flexibility index (Phi) is 6.13. The van der Waals surface area contributed by atoms with E-state index in [9.17, 15) is 9.59 Å². The fraction of sp³-hybridized carbons (Fsp3) is 0.474. The number of nitrogens with zero attached hydrogens (tertiary/aromatic N) is 3. The molecule has 0 spiro atoms. The Labute approximate surface area is 167 Å². The molecule has 0 radical (unpaired) electrons. The fourth-order valence-corrected chi connectivity index (χ4v) is 4.02. The van der Waals surface area contributed by atoms with Crippen LogP contribution in [-0.4, -0.2) is 42.8 Å². The van der Waals surface area contributed by atoms with Crippen molar-refractivity contribution in [3.8, 4) is 11.5 Å². The molecule has 1 N–H and O–H groups in total. The Bertz CT molecular complexity index is 867. The smallest absolute Gasteiger partial charge is 0.231 e. The maximum atomic E-state index is 12.6. The number of nitrogens with one attached hydrogen (secondary N) is 1. The van der Waals surface area contributed by atoms with E-state index in [0.29, 0.717) is 28.2 Å². The Balaban J connectivity index is 1.68. The van der Waals surface area contributed by atoms with E-state index in [1.807, 2.05) is 0 Å². The number of methoxy groups -OCH3 is 2. The molecule has 1 fully saturated rings. The third kappa shape index (κ3) is 4.41. The highest BCUT2D eigenvalue weighted by atomic mass is 32.1. The SMILES string of the molecule is COc1ccc(N2C[C@@H](C(=O)Nc3nnc(CC(C)C)s3)CC2=O)c(OC)c1. The highest BCUT2D eigenvalue weighted by Gasteiger charge is 2.36. The summed E-state index contributed by atoms with van der Waals surface area (Å²) in [5.41, 5.74) is 0.624. The van der Waals surface area contributed by atoms with Gasteiger partial charge in [0, 0.05) is 25.5 Å². The number of hydrogen-bond donors (Lipinski definition) is 1.